The fourth-order valence-corrected chi connectivity index (χ4v) is 2.83. The van der Waals surface area contributed by atoms with Gasteiger partial charge in [-0.15, -0.1) is 0 Å². The first-order valence-electron chi connectivity index (χ1n) is 6.23. The van der Waals surface area contributed by atoms with Crippen LogP contribution in [0.1, 0.15) is 38.9 Å². The molecule has 0 radical (unpaired) electrons. The Morgan fingerprint density at radius 3 is 2.65 bits per heavy atom. The van der Waals surface area contributed by atoms with Crippen molar-refractivity contribution >= 4 is 5.69 Å². The summed E-state index contributed by atoms with van der Waals surface area (Å²) in [7, 11) is 0. The Morgan fingerprint density at radius 1 is 1.41 bits per heavy atom. The van der Waals surface area contributed by atoms with Gasteiger partial charge in [-0.2, -0.15) is 0 Å². The van der Waals surface area contributed by atoms with E-state index in [1.165, 1.54) is 6.07 Å². The maximum Gasteiger partial charge on any atom is 0.131 e. The average Bonchev–Trinajstić information content (AvgIpc) is 2.56. The third-order valence-electron chi connectivity index (χ3n) is 3.54. The Kier molecular flexibility index (Phi) is 3.38. The molecule has 3 heteroatoms. The van der Waals surface area contributed by atoms with E-state index in [4.69, 9.17) is 0 Å². The van der Waals surface area contributed by atoms with Crippen molar-refractivity contribution in [2.24, 2.45) is 5.92 Å². The summed E-state index contributed by atoms with van der Waals surface area (Å²) in [5.41, 5.74) is 1.27. The van der Waals surface area contributed by atoms with Crippen molar-refractivity contribution in [2.75, 3.05) is 11.4 Å². The van der Waals surface area contributed by atoms with E-state index in [0.29, 0.717) is 17.5 Å². The SMILES string of the molecule is CC1CC(C)N(c2cccc(F)c2[C@@H](C)O)C1. The van der Waals surface area contributed by atoms with Crippen molar-refractivity contribution in [3.8, 4) is 0 Å². The largest absolute Gasteiger partial charge is 0.389 e. The second-order valence-electron chi connectivity index (χ2n) is 5.19. The molecule has 0 aromatic heterocycles. The molecule has 0 amide bonds. The summed E-state index contributed by atoms with van der Waals surface area (Å²) in [6.45, 7) is 6.91. The van der Waals surface area contributed by atoms with E-state index < -0.39 is 6.10 Å². The minimum Gasteiger partial charge on any atom is -0.389 e. The van der Waals surface area contributed by atoms with Crippen LogP contribution in [-0.4, -0.2) is 17.7 Å². The van der Waals surface area contributed by atoms with Gasteiger partial charge in [0.25, 0.3) is 0 Å². The molecule has 1 aromatic carbocycles. The van der Waals surface area contributed by atoms with Crippen molar-refractivity contribution in [2.45, 2.75) is 39.3 Å². The van der Waals surface area contributed by atoms with Crippen molar-refractivity contribution in [1.82, 2.24) is 0 Å². The summed E-state index contributed by atoms with van der Waals surface area (Å²) in [6, 6.07) is 5.44. The van der Waals surface area contributed by atoms with Gasteiger partial charge in [-0.3, -0.25) is 0 Å². The molecule has 1 N–H and O–H groups in total. The van der Waals surface area contributed by atoms with Gasteiger partial charge in [0.2, 0.25) is 0 Å². The zero-order valence-corrected chi connectivity index (χ0v) is 10.7. The summed E-state index contributed by atoms with van der Waals surface area (Å²) in [5, 5.41) is 9.73. The summed E-state index contributed by atoms with van der Waals surface area (Å²) >= 11 is 0. The Bertz CT molecular complexity index is 405. The molecule has 0 aliphatic carbocycles. The molecule has 0 spiro atoms. The summed E-state index contributed by atoms with van der Waals surface area (Å²) in [4.78, 5) is 2.20. The molecule has 17 heavy (non-hydrogen) atoms. The highest BCUT2D eigenvalue weighted by Gasteiger charge is 2.29. The van der Waals surface area contributed by atoms with E-state index in [9.17, 15) is 9.50 Å². The molecular weight excluding hydrogens is 217 g/mol. The predicted molar refractivity (Wildman–Crippen MR) is 67.6 cm³/mol. The first-order chi connectivity index (χ1) is 8.00. The third-order valence-corrected chi connectivity index (χ3v) is 3.54. The van der Waals surface area contributed by atoms with Gasteiger partial charge >= 0.3 is 0 Å². The lowest BCUT2D eigenvalue weighted by Gasteiger charge is -2.27. The predicted octanol–water partition coefficient (Wildman–Crippen LogP) is 3.11. The normalized spacial score (nSPS) is 26.3. The molecule has 1 saturated heterocycles. The van der Waals surface area contributed by atoms with Crippen LogP contribution in [0, 0.1) is 11.7 Å². The highest BCUT2D eigenvalue weighted by Crippen LogP contribution is 2.35. The fourth-order valence-electron chi connectivity index (χ4n) is 2.83. The van der Waals surface area contributed by atoms with Crippen molar-refractivity contribution < 1.29 is 9.50 Å². The highest BCUT2D eigenvalue weighted by atomic mass is 19.1. The lowest BCUT2D eigenvalue weighted by Crippen LogP contribution is -2.28. The summed E-state index contributed by atoms with van der Waals surface area (Å²) < 4.78 is 13.8. The van der Waals surface area contributed by atoms with Crippen LogP contribution in [0.4, 0.5) is 10.1 Å². The number of aliphatic hydroxyl groups is 1. The van der Waals surface area contributed by atoms with Crippen molar-refractivity contribution in [3.63, 3.8) is 0 Å². The smallest absolute Gasteiger partial charge is 0.131 e. The lowest BCUT2D eigenvalue weighted by molar-refractivity contribution is 0.194. The number of nitrogens with zero attached hydrogens (tertiary/aromatic N) is 1. The van der Waals surface area contributed by atoms with Crippen molar-refractivity contribution in [1.29, 1.82) is 0 Å². The van der Waals surface area contributed by atoms with Crippen LogP contribution in [0.2, 0.25) is 0 Å². The Balaban J connectivity index is 2.41. The maximum absolute atomic E-state index is 13.8. The van der Waals surface area contributed by atoms with Crippen LogP contribution >= 0.6 is 0 Å². The van der Waals surface area contributed by atoms with Crippen LogP contribution in [0.5, 0.6) is 0 Å². The molecule has 2 rings (SSSR count). The highest BCUT2D eigenvalue weighted by molar-refractivity contribution is 5.56. The minimum absolute atomic E-state index is 0.316. The molecule has 2 unspecified atom stereocenters. The quantitative estimate of drug-likeness (QED) is 0.854. The first-order valence-corrected chi connectivity index (χ1v) is 6.23. The second-order valence-corrected chi connectivity index (χ2v) is 5.19. The Labute approximate surface area is 102 Å². The van der Waals surface area contributed by atoms with E-state index in [1.807, 2.05) is 6.07 Å². The number of hydrogen-bond acceptors (Lipinski definition) is 2. The van der Waals surface area contributed by atoms with Gasteiger partial charge in [-0.25, -0.2) is 4.39 Å². The molecule has 0 bridgehead atoms. The maximum atomic E-state index is 13.8. The fraction of sp³-hybridized carbons (Fsp3) is 0.571. The van der Waals surface area contributed by atoms with E-state index >= 15 is 0 Å². The molecule has 94 valence electrons. The van der Waals surface area contributed by atoms with Crippen LogP contribution in [0.15, 0.2) is 18.2 Å². The topological polar surface area (TPSA) is 23.5 Å². The molecule has 1 aromatic rings. The number of aliphatic hydroxyl groups excluding tert-OH is 1. The van der Waals surface area contributed by atoms with Crippen LogP contribution in [-0.2, 0) is 0 Å². The first kappa shape index (κ1) is 12.4. The van der Waals surface area contributed by atoms with Gasteiger partial charge < -0.3 is 10.0 Å². The zero-order chi connectivity index (χ0) is 12.6. The van der Waals surface area contributed by atoms with Gasteiger partial charge in [-0.05, 0) is 38.3 Å². The van der Waals surface area contributed by atoms with E-state index in [1.54, 1.807) is 13.0 Å². The minimum atomic E-state index is -0.769. The molecule has 1 aliphatic heterocycles. The number of benzene rings is 1. The molecule has 1 heterocycles. The number of anilines is 1. The van der Waals surface area contributed by atoms with Gasteiger partial charge in [0.15, 0.2) is 0 Å². The summed E-state index contributed by atoms with van der Waals surface area (Å²) in [5.74, 6) is 0.305. The average molecular weight is 237 g/mol. The number of hydrogen-bond donors (Lipinski definition) is 1. The van der Waals surface area contributed by atoms with Gasteiger partial charge in [0, 0.05) is 23.8 Å². The Morgan fingerprint density at radius 2 is 2.12 bits per heavy atom. The van der Waals surface area contributed by atoms with Crippen LogP contribution in [0.3, 0.4) is 0 Å². The van der Waals surface area contributed by atoms with Gasteiger partial charge in [-0.1, -0.05) is 13.0 Å². The zero-order valence-electron chi connectivity index (χ0n) is 10.7. The van der Waals surface area contributed by atoms with Gasteiger partial charge in [0.1, 0.15) is 5.82 Å². The van der Waals surface area contributed by atoms with E-state index in [2.05, 4.69) is 18.7 Å². The molecule has 3 atom stereocenters. The van der Waals surface area contributed by atoms with Crippen molar-refractivity contribution in [3.05, 3.63) is 29.6 Å². The monoisotopic (exact) mass is 237 g/mol. The van der Waals surface area contributed by atoms with Crippen LogP contribution in [0.25, 0.3) is 0 Å². The van der Waals surface area contributed by atoms with E-state index in [0.717, 1.165) is 18.7 Å². The van der Waals surface area contributed by atoms with E-state index in [-0.39, 0.29) is 5.82 Å². The number of rotatable bonds is 2. The van der Waals surface area contributed by atoms with Crippen LogP contribution < -0.4 is 4.90 Å². The Hall–Kier alpha value is -1.09. The van der Waals surface area contributed by atoms with Gasteiger partial charge in [0.05, 0.1) is 6.10 Å². The molecule has 2 nitrogen and oxygen atoms in total. The summed E-state index contributed by atoms with van der Waals surface area (Å²) in [6.07, 6.45) is 0.352. The number of halogens is 1. The molecule has 1 fully saturated rings. The molecule has 0 saturated carbocycles. The molecular formula is C14H20FNO. The second kappa shape index (κ2) is 4.65. The standard InChI is InChI=1S/C14H20FNO/c1-9-7-10(2)16(8-9)13-6-4-5-12(15)14(13)11(3)17/h4-6,9-11,17H,7-8H2,1-3H3/t9?,10?,11-/m1/s1. The molecule has 1 aliphatic rings. The third kappa shape index (κ3) is 2.29. The lowest BCUT2D eigenvalue weighted by atomic mass is 10.1.